The van der Waals surface area contributed by atoms with Crippen LogP contribution in [0.15, 0.2) is 42.5 Å². The number of nitrogens with two attached hydrogens (primary N) is 1. The van der Waals surface area contributed by atoms with Crippen molar-refractivity contribution in [3.63, 3.8) is 0 Å². The molecule has 21 heavy (non-hydrogen) atoms. The highest BCUT2D eigenvalue weighted by Crippen LogP contribution is 2.24. The zero-order chi connectivity index (χ0) is 15.6. The van der Waals surface area contributed by atoms with Crippen molar-refractivity contribution >= 4 is 23.2 Å². The summed E-state index contributed by atoms with van der Waals surface area (Å²) >= 11 is 5.94. The summed E-state index contributed by atoms with van der Waals surface area (Å²) in [4.78, 5) is 14.3. The zero-order valence-electron chi connectivity index (χ0n) is 12.4. The van der Waals surface area contributed by atoms with Crippen molar-refractivity contribution in [3.8, 4) is 0 Å². The smallest absolute Gasteiger partial charge is 0.254 e. The Morgan fingerprint density at radius 1 is 1.24 bits per heavy atom. The maximum Gasteiger partial charge on any atom is 0.254 e. The highest BCUT2D eigenvalue weighted by molar-refractivity contribution is 6.30. The van der Waals surface area contributed by atoms with Crippen LogP contribution in [0.4, 0.5) is 5.69 Å². The van der Waals surface area contributed by atoms with Gasteiger partial charge >= 0.3 is 0 Å². The summed E-state index contributed by atoms with van der Waals surface area (Å²) in [6.07, 6.45) is 0. The molecule has 1 unspecified atom stereocenters. The third-order valence-corrected chi connectivity index (χ3v) is 3.95. The van der Waals surface area contributed by atoms with Crippen molar-refractivity contribution < 1.29 is 4.79 Å². The van der Waals surface area contributed by atoms with Crippen LogP contribution >= 0.6 is 11.6 Å². The zero-order valence-corrected chi connectivity index (χ0v) is 13.2. The lowest BCUT2D eigenvalue weighted by Crippen LogP contribution is -2.30. The molecule has 4 heteroatoms. The molecule has 0 aliphatic heterocycles. The summed E-state index contributed by atoms with van der Waals surface area (Å²) < 4.78 is 0. The SMILES string of the molecule is Cc1cc(Cl)ccc1C(=O)N(C)C(C)c1cccc(N)c1. The largest absolute Gasteiger partial charge is 0.399 e. The second-order valence-corrected chi connectivity index (χ2v) is 5.66. The van der Waals surface area contributed by atoms with Gasteiger partial charge in [0.1, 0.15) is 0 Å². The molecule has 3 nitrogen and oxygen atoms in total. The first-order valence-electron chi connectivity index (χ1n) is 6.79. The highest BCUT2D eigenvalue weighted by atomic mass is 35.5. The Hall–Kier alpha value is -2.00. The second kappa shape index (κ2) is 6.19. The Labute approximate surface area is 130 Å². The fourth-order valence-corrected chi connectivity index (χ4v) is 2.50. The molecule has 0 saturated carbocycles. The number of aryl methyl sites for hydroxylation is 1. The number of benzene rings is 2. The predicted octanol–water partition coefficient (Wildman–Crippen LogP) is 4.06. The van der Waals surface area contributed by atoms with Gasteiger partial charge in [0.25, 0.3) is 5.91 Å². The lowest BCUT2D eigenvalue weighted by Gasteiger charge is -2.26. The molecule has 0 bridgehead atoms. The van der Waals surface area contributed by atoms with Gasteiger partial charge in [0.2, 0.25) is 0 Å². The average molecular weight is 303 g/mol. The molecule has 0 aliphatic rings. The van der Waals surface area contributed by atoms with E-state index in [9.17, 15) is 4.79 Å². The van der Waals surface area contributed by atoms with Crippen molar-refractivity contribution in [2.45, 2.75) is 19.9 Å². The van der Waals surface area contributed by atoms with E-state index in [-0.39, 0.29) is 11.9 Å². The van der Waals surface area contributed by atoms with Gasteiger partial charge in [-0.25, -0.2) is 0 Å². The molecule has 0 saturated heterocycles. The molecule has 0 aromatic heterocycles. The van der Waals surface area contributed by atoms with Crippen LogP contribution in [0.5, 0.6) is 0 Å². The van der Waals surface area contributed by atoms with Crippen LogP contribution < -0.4 is 5.73 Å². The number of rotatable bonds is 3. The molecule has 2 aromatic rings. The van der Waals surface area contributed by atoms with Crippen molar-refractivity contribution in [1.82, 2.24) is 4.90 Å². The van der Waals surface area contributed by atoms with E-state index in [1.807, 2.05) is 38.1 Å². The Bertz CT molecular complexity index is 670. The van der Waals surface area contributed by atoms with Crippen LogP contribution in [0.1, 0.15) is 34.5 Å². The van der Waals surface area contributed by atoms with E-state index in [0.717, 1.165) is 11.1 Å². The third-order valence-electron chi connectivity index (χ3n) is 3.71. The van der Waals surface area contributed by atoms with E-state index < -0.39 is 0 Å². The van der Waals surface area contributed by atoms with Crippen molar-refractivity contribution in [1.29, 1.82) is 0 Å². The number of amides is 1. The van der Waals surface area contributed by atoms with E-state index in [4.69, 9.17) is 17.3 Å². The Morgan fingerprint density at radius 3 is 2.57 bits per heavy atom. The van der Waals surface area contributed by atoms with Gasteiger partial charge in [0.15, 0.2) is 0 Å². The summed E-state index contributed by atoms with van der Waals surface area (Å²) in [5.74, 6) is -0.0286. The van der Waals surface area contributed by atoms with Gasteiger partial charge in [0.05, 0.1) is 6.04 Å². The topological polar surface area (TPSA) is 46.3 Å². The summed E-state index contributed by atoms with van der Waals surface area (Å²) in [7, 11) is 1.80. The fraction of sp³-hybridized carbons (Fsp3) is 0.235. The lowest BCUT2D eigenvalue weighted by atomic mass is 10.0. The summed E-state index contributed by atoms with van der Waals surface area (Å²) in [5, 5.41) is 0.635. The molecule has 2 rings (SSSR count). The molecule has 0 aliphatic carbocycles. The number of anilines is 1. The molecule has 1 amide bonds. The normalized spacial score (nSPS) is 12.0. The third kappa shape index (κ3) is 3.37. The molecule has 1 atom stereocenters. The van der Waals surface area contributed by atoms with Crippen LogP contribution in [0.2, 0.25) is 5.02 Å². The van der Waals surface area contributed by atoms with E-state index in [1.54, 1.807) is 30.1 Å². The van der Waals surface area contributed by atoms with Crippen LogP contribution in [-0.2, 0) is 0 Å². The Morgan fingerprint density at radius 2 is 1.95 bits per heavy atom. The van der Waals surface area contributed by atoms with Gasteiger partial charge in [-0.1, -0.05) is 23.7 Å². The number of carbonyl (C=O) groups excluding carboxylic acids is 1. The van der Waals surface area contributed by atoms with Crippen LogP contribution in [-0.4, -0.2) is 17.9 Å². The second-order valence-electron chi connectivity index (χ2n) is 5.22. The van der Waals surface area contributed by atoms with Gasteiger partial charge in [-0.05, 0) is 55.3 Å². The fourth-order valence-electron chi connectivity index (χ4n) is 2.28. The van der Waals surface area contributed by atoms with Crippen molar-refractivity contribution in [2.24, 2.45) is 0 Å². The van der Waals surface area contributed by atoms with Crippen molar-refractivity contribution in [3.05, 3.63) is 64.2 Å². The first-order chi connectivity index (χ1) is 9.90. The van der Waals surface area contributed by atoms with E-state index in [0.29, 0.717) is 16.3 Å². The van der Waals surface area contributed by atoms with Crippen LogP contribution in [0, 0.1) is 6.92 Å². The lowest BCUT2D eigenvalue weighted by molar-refractivity contribution is 0.0742. The average Bonchev–Trinajstić information content (AvgIpc) is 2.45. The summed E-state index contributed by atoms with van der Waals surface area (Å²) in [5.41, 5.74) is 9.05. The maximum atomic E-state index is 12.6. The van der Waals surface area contributed by atoms with Crippen molar-refractivity contribution in [2.75, 3.05) is 12.8 Å². The summed E-state index contributed by atoms with van der Waals surface area (Å²) in [6.45, 7) is 3.87. The molecule has 0 radical (unpaired) electrons. The minimum atomic E-state index is -0.0592. The molecule has 0 heterocycles. The van der Waals surface area contributed by atoms with Gasteiger partial charge < -0.3 is 10.6 Å². The first kappa shape index (κ1) is 15.4. The van der Waals surface area contributed by atoms with Crippen LogP contribution in [0.3, 0.4) is 0 Å². The monoisotopic (exact) mass is 302 g/mol. The quantitative estimate of drug-likeness (QED) is 0.869. The summed E-state index contributed by atoms with van der Waals surface area (Å²) in [6, 6.07) is 12.8. The van der Waals surface area contributed by atoms with Gasteiger partial charge in [-0.2, -0.15) is 0 Å². The number of halogens is 1. The molecule has 110 valence electrons. The number of hydrogen-bond acceptors (Lipinski definition) is 2. The minimum Gasteiger partial charge on any atom is -0.399 e. The minimum absolute atomic E-state index is 0.0286. The number of nitrogen functional groups attached to an aromatic ring is 1. The van der Waals surface area contributed by atoms with E-state index >= 15 is 0 Å². The predicted molar refractivity (Wildman–Crippen MR) is 87.6 cm³/mol. The number of nitrogens with zero attached hydrogens (tertiary/aromatic N) is 1. The standard InChI is InChI=1S/C17H19ClN2O/c1-11-9-14(18)7-8-16(11)17(21)20(3)12(2)13-5-4-6-15(19)10-13/h4-10,12H,19H2,1-3H3. The number of carbonyl (C=O) groups is 1. The Balaban J connectivity index is 2.26. The highest BCUT2D eigenvalue weighted by Gasteiger charge is 2.20. The molecule has 0 spiro atoms. The van der Waals surface area contributed by atoms with Crippen LogP contribution in [0.25, 0.3) is 0 Å². The maximum absolute atomic E-state index is 12.6. The molecular weight excluding hydrogens is 284 g/mol. The van der Waals surface area contributed by atoms with E-state index in [1.165, 1.54) is 0 Å². The number of hydrogen-bond donors (Lipinski definition) is 1. The van der Waals surface area contributed by atoms with Gasteiger partial charge in [-0.15, -0.1) is 0 Å². The van der Waals surface area contributed by atoms with E-state index in [2.05, 4.69) is 0 Å². The Kier molecular flexibility index (Phi) is 4.53. The molecule has 2 N–H and O–H groups in total. The first-order valence-corrected chi connectivity index (χ1v) is 7.16. The molecule has 2 aromatic carbocycles. The molecule has 0 fully saturated rings. The molecular formula is C17H19ClN2O. The van der Waals surface area contributed by atoms with Gasteiger partial charge in [-0.3, -0.25) is 4.79 Å². The van der Waals surface area contributed by atoms with Gasteiger partial charge in [0, 0.05) is 23.3 Å².